The van der Waals surface area contributed by atoms with E-state index in [0.29, 0.717) is 21.9 Å². The molecule has 0 atom stereocenters. The summed E-state index contributed by atoms with van der Waals surface area (Å²) >= 11 is 12.1. The van der Waals surface area contributed by atoms with Gasteiger partial charge in [0.05, 0.1) is 5.02 Å². The van der Waals surface area contributed by atoms with E-state index >= 15 is 0 Å². The summed E-state index contributed by atoms with van der Waals surface area (Å²) in [6, 6.07) is 11.3. The molecule has 0 spiro atoms. The zero-order valence-electron chi connectivity index (χ0n) is 9.21. The molecule has 0 unspecified atom stereocenters. The Morgan fingerprint density at radius 2 is 1.65 bits per heavy atom. The lowest BCUT2D eigenvalue weighted by molar-refractivity contribution is 0.112. The van der Waals surface area contributed by atoms with Crippen LogP contribution < -0.4 is 0 Å². The van der Waals surface area contributed by atoms with Crippen molar-refractivity contribution in [1.82, 2.24) is 0 Å². The van der Waals surface area contributed by atoms with Crippen LogP contribution in [0.3, 0.4) is 0 Å². The van der Waals surface area contributed by atoms with Crippen LogP contribution in [-0.4, -0.2) is 6.29 Å². The van der Waals surface area contributed by atoms with Crippen molar-refractivity contribution in [2.45, 2.75) is 6.92 Å². The standard InChI is InChI=1S/C14H10Cl2O/c1-9-2-4-10(5-3-9)12-7-13(15)11(8-17)6-14(12)16/h2-8H,1H3. The average Bonchev–Trinajstić information content (AvgIpc) is 2.33. The number of halogens is 2. The van der Waals surface area contributed by atoms with Gasteiger partial charge in [0.1, 0.15) is 0 Å². The molecule has 2 aromatic carbocycles. The maximum atomic E-state index is 10.7. The molecular formula is C14H10Cl2O. The van der Waals surface area contributed by atoms with Crippen molar-refractivity contribution in [3.63, 3.8) is 0 Å². The van der Waals surface area contributed by atoms with Crippen LogP contribution in [0, 0.1) is 6.92 Å². The summed E-state index contributed by atoms with van der Waals surface area (Å²) < 4.78 is 0. The number of aldehydes is 1. The van der Waals surface area contributed by atoms with Crippen LogP contribution in [0.25, 0.3) is 11.1 Å². The van der Waals surface area contributed by atoms with Crippen molar-refractivity contribution < 1.29 is 4.79 Å². The average molecular weight is 265 g/mol. The molecule has 0 saturated carbocycles. The molecule has 0 amide bonds. The van der Waals surface area contributed by atoms with E-state index in [4.69, 9.17) is 23.2 Å². The van der Waals surface area contributed by atoms with Crippen LogP contribution in [0.1, 0.15) is 15.9 Å². The van der Waals surface area contributed by atoms with Gasteiger partial charge in [-0.25, -0.2) is 0 Å². The number of carbonyl (C=O) groups is 1. The Bertz CT molecular complexity index is 559. The lowest BCUT2D eigenvalue weighted by Gasteiger charge is -2.07. The van der Waals surface area contributed by atoms with E-state index in [2.05, 4.69) is 0 Å². The maximum Gasteiger partial charge on any atom is 0.151 e. The fraction of sp³-hybridized carbons (Fsp3) is 0.0714. The van der Waals surface area contributed by atoms with Crippen LogP contribution in [0.5, 0.6) is 0 Å². The summed E-state index contributed by atoms with van der Waals surface area (Å²) in [4.78, 5) is 10.7. The van der Waals surface area contributed by atoms with E-state index in [1.807, 2.05) is 31.2 Å². The number of hydrogen-bond acceptors (Lipinski definition) is 1. The molecule has 0 aliphatic heterocycles. The summed E-state index contributed by atoms with van der Waals surface area (Å²) in [6.07, 6.45) is 0.702. The Balaban J connectivity index is 2.56. The van der Waals surface area contributed by atoms with E-state index in [1.54, 1.807) is 12.1 Å². The van der Waals surface area contributed by atoms with E-state index in [9.17, 15) is 4.79 Å². The van der Waals surface area contributed by atoms with Gasteiger partial charge in [-0.1, -0.05) is 53.0 Å². The zero-order chi connectivity index (χ0) is 12.4. The molecule has 0 saturated heterocycles. The first-order valence-electron chi connectivity index (χ1n) is 5.13. The van der Waals surface area contributed by atoms with Gasteiger partial charge in [0.25, 0.3) is 0 Å². The largest absolute Gasteiger partial charge is 0.298 e. The molecule has 0 aliphatic carbocycles. The Morgan fingerprint density at radius 1 is 1.00 bits per heavy atom. The van der Waals surface area contributed by atoms with E-state index in [-0.39, 0.29) is 0 Å². The Labute approximate surface area is 110 Å². The first kappa shape index (κ1) is 12.2. The number of rotatable bonds is 2. The topological polar surface area (TPSA) is 17.1 Å². The van der Waals surface area contributed by atoms with Crippen molar-refractivity contribution in [2.24, 2.45) is 0 Å². The lowest BCUT2D eigenvalue weighted by atomic mass is 10.0. The molecule has 0 bridgehead atoms. The third-order valence-corrected chi connectivity index (χ3v) is 3.22. The second-order valence-corrected chi connectivity index (χ2v) is 4.65. The fourth-order valence-corrected chi connectivity index (χ4v) is 2.10. The predicted octanol–water partition coefficient (Wildman–Crippen LogP) is 4.78. The van der Waals surface area contributed by atoms with Gasteiger partial charge in [0.15, 0.2) is 6.29 Å². The van der Waals surface area contributed by atoms with Gasteiger partial charge in [-0.2, -0.15) is 0 Å². The summed E-state index contributed by atoms with van der Waals surface area (Å²) in [6.45, 7) is 2.02. The molecule has 86 valence electrons. The molecule has 2 aromatic rings. The van der Waals surface area contributed by atoms with Crippen molar-refractivity contribution in [1.29, 1.82) is 0 Å². The summed E-state index contributed by atoms with van der Waals surface area (Å²) in [7, 11) is 0. The first-order valence-corrected chi connectivity index (χ1v) is 5.88. The van der Waals surface area contributed by atoms with Crippen molar-refractivity contribution >= 4 is 29.5 Å². The van der Waals surface area contributed by atoms with Gasteiger partial charge in [-0.3, -0.25) is 4.79 Å². The quantitative estimate of drug-likeness (QED) is 0.714. The molecule has 2 rings (SSSR count). The number of benzene rings is 2. The fourth-order valence-electron chi connectivity index (χ4n) is 1.61. The SMILES string of the molecule is Cc1ccc(-c2cc(Cl)c(C=O)cc2Cl)cc1. The Hall–Kier alpha value is -1.31. The molecule has 0 aromatic heterocycles. The Kier molecular flexibility index (Phi) is 3.51. The minimum atomic E-state index is 0.410. The monoisotopic (exact) mass is 264 g/mol. The number of hydrogen-bond donors (Lipinski definition) is 0. The first-order chi connectivity index (χ1) is 8.11. The molecule has 1 nitrogen and oxygen atoms in total. The third-order valence-electron chi connectivity index (χ3n) is 2.58. The van der Waals surface area contributed by atoms with Crippen LogP contribution in [-0.2, 0) is 0 Å². The van der Waals surface area contributed by atoms with Crippen LogP contribution in [0.2, 0.25) is 10.0 Å². The maximum absolute atomic E-state index is 10.7. The Morgan fingerprint density at radius 3 is 2.24 bits per heavy atom. The highest BCUT2D eigenvalue weighted by Gasteiger charge is 2.08. The molecule has 0 radical (unpaired) electrons. The van der Waals surface area contributed by atoms with Gasteiger partial charge in [-0.15, -0.1) is 0 Å². The predicted molar refractivity (Wildman–Crippen MR) is 72.0 cm³/mol. The van der Waals surface area contributed by atoms with Crippen molar-refractivity contribution in [2.75, 3.05) is 0 Å². The molecule has 3 heteroatoms. The summed E-state index contributed by atoms with van der Waals surface area (Å²) in [5.41, 5.74) is 3.41. The molecule has 0 heterocycles. The normalized spacial score (nSPS) is 10.3. The lowest BCUT2D eigenvalue weighted by Crippen LogP contribution is -1.86. The third kappa shape index (κ3) is 2.51. The van der Waals surface area contributed by atoms with Gasteiger partial charge < -0.3 is 0 Å². The minimum Gasteiger partial charge on any atom is -0.298 e. The second-order valence-electron chi connectivity index (χ2n) is 3.84. The highest BCUT2D eigenvalue weighted by Crippen LogP contribution is 2.32. The summed E-state index contributed by atoms with van der Waals surface area (Å²) in [5.74, 6) is 0. The molecule has 0 aliphatic rings. The van der Waals surface area contributed by atoms with Gasteiger partial charge in [-0.05, 0) is 24.6 Å². The van der Waals surface area contributed by atoms with Gasteiger partial charge in [0, 0.05) is 16.1 Å². The number of aryl methyl sites for hydroxylation is 1. The van der Waals surface area contributed by atoms with Gasteiger partial charge >= 0.3 is 0 Å². The van der Waals surface area contributed by atoms with E-state index in [1.165, 1.54) is 5.56 Å². The van der Waals surface area contributed by atoms with Crippen molar-refractivity contribution in [3.8, 4) is 11.1 Å². The highest BCUT2D eigenvalue weighted by molar-refractivity contribution is 6.37. The highest BCUT2D eigenvalue weighted by atomic mass is 35.5. The van der Waals surface area contributed by atoms with E-state index in [0.717, 1.165) is 11.1 Å². The molecule has 17 heavy (non-hydrogen) atoms. The second kappa shape index (κ2) is 4.91. The zero-order valence-corrected chi connectivity index (χ0v) is 10.7. The molecular weight excluding hydrogens is 255 g/mol. The molecule has 0 N–H and O–H groups in total. The summed E-state index contributed by atoms with van der Waals surface area (Å²) in [5, 5.41) is 0.945. The van der Waals surface area contributed by atoms with Crippen LogP contribution >= 0.6 is 23.2 Å². The van der Waals surface area contributed by atoms with Crippen LogP contribution in [0.4, 0.5) is 0 Å². The number of carbonyl (C=O) groups excluding carboxylic acids is 1. The van der Waals surface area contributed by atoms with Crippen molar-refractivity contribution in [3.05, 3.63) is 57.6 Å². The van der Waals surface area contributed by atoms with Crippen LogP contribution in [0.15, 0.2) is 36.4 Å². The molecule has 0 fully saturated rings. The minimum absolute atomic E-state index is 0.410. The van der Waals surface area contributed by atoms with Gasteiger partial charge in [0.2, 0.25) is 0 Å². The smallest absolute Gasteiger partial charge is 0.151 e. The van der Waals surface area contributed by atoms with E-state index < -0.39 is 0 Å².